The van der Waals surface area contributed by atoms with Gasteiger partial charge in [-0.15, -0.1) is 0 Å². The minimum atomic E-state index is -0.0521. The maximum atomic E-state index is 12.0. The number of nitrogens with two attached hydrogens (primary N) is 1. The van der Waals surface area contributed by atoms with Gasteiger partial charge in [0.05, 0.1) is 0 Å². The molecule has 0 spiro atoms. The van der Waals surface area contributed by atoms with Crippen molar-refractivity contribution in [3.8, 4) is 0 Å². The SMILES string of the molecule is CCN(C)CCNC(=O)c1cc(N)c(C)cc1C. The van der Waals surface area contributed by atoms with Gasteiger partial charge in [-0.2, -0.15) is 0 Å². The van der Waals surface area contributed by atoms with Crippen LogP contribution in [0.3, 0.4) is 0 Å². The number of anilines is 1. The van der Waals surface area contributed by atoms with Gasteiger partial charge in [-0.3, -0.25) is 4.79 Å². The molecule has 0 aliphatic heterocycles. The molecule has 0 unspecified atom stereocenters. The lowest BCUT2D eigenvalue weighted by Gasteiger charge is -2.15. The lowest BCUT2D eigenvalue weighted by molar-refractivity contribution is 0.0949. The number of amides is 1. The molecule has 0 saturated heterocycles. The van der Waals surface area contributed by atoms with E-state index in [9.17, 15) is 4.79 Å². The Kier molecular flexibility index (Phi) is 5.16. The summed E-state index contributed by atoms with van der Waals surface area (Å²) in [6.45, 7) is 8.44. The lowest BCUT2D eigenvalue weighted by atomic mass is 10.0. The third-order valence-electron chi connectivity index (χ3n) is 3.18. The van der Waals surface area contributed by atoms with Crippen LogP contribution in [-0.4, -0.2) is 37.5 Å². The maximum Gasteiger partial charge on any atom is 0.251 e. The van der Waals surface area contributed by atoms with Crippen LogP contribution in [0.4, 0.5) is 5.69 Å². The van der Waals surface area contributed by atoms with E-state index in [1.165, 1.54) is 0 Å². The number of hydrogen-bond acceptors (Lipinski definition) is 3. The molecule has 0 bridgehead atoms. The van der Waals surface area contributed by atoms with Crippen LogP contribution in [0.5, 0.6) is 0 Å². The highest BCUT2D eigenvalue weighted by Gasteiger charge is 2.10. The third kappa shape index (κ3) is 3.74. The summed E-state index contributed by atoms with van der Waals surface area (Å²) in [4.78, 5) is 14.2. The fraction of sp³-hybridized carbons (Fsp3) is 0.500. The molecule has 4 heteroatoms. The molecule has 18 heavy (non-hydrogen) atoms. The van der Waals surface area contributed by atoms with Crippen LogP contribution in [0, 0.1) is 13.8 Å². The first-order valence-corrected chi connectivity index (χ1v) is 6.29. The average Bonchev–Trinajstić information content (AvgIpc) is 2.33. The molecule has 100 valence electrons. The number of nitrogen functional groups attached to an aromatic ring is 1. The smallest absolute Gasteiger partial charge is 0.251 e. The summed E-state index contributed by atoms with van der Waals surface area (Å²) in [6.07, 6.45) is 0. The Balaban J connectivity index is 2.64. The van der Waals surface area contributed by atoms with Crippen molar-refractivity contribution < 1.29 is 4.79 Å². The molecule has 4 nitrogen and oxygen atoms in total. The average molecular weight is 249 g/mol. The van der Waals surface area contributed by atoms with E-state index in [1.807, 2.05) is 27.0 Å². The van der Waals surface area contributed by atoms with Gasteiger partial charge < -0.3 is 16.0 Å². The Morgan fingerprint density at radius 3 is 2.61 bits per heavy atom. The minimum Gasteiger partial charge on any atom is -0.398 e. The minimum absolute atomic E-state index is 0.0521. The molecule has 0 aromatic heterocycles. The summed E-state index contributed by atoms with van der Waals surface area (Å²) in [5, 5.41) is 2.92. The normalized spacial score (nSPS) is 10.7. The number of carbonyl (C=O) groups excluding carboxylic acids is 1. The number of rotatable bonds is 5. The molecule has 0 atom stereocenters. The van der Waals surface area contributed by atoms with E-state index in [0.29, 0.717) is 17.8 Å². The molecule has 0 radical (unpaired) electrons. The van der Waals surface area contributed by atoms with Crippen molar-refractivity contribution in [2.24, 2.45) is 0 Å². The number of likely N-dealkylation sites (N-methyl/N-ethyl adjacent to an activating group) is 1. The molecule has 0 saturated carbocycles. The van der Waals surface area contributed by atoms with Crippen LogP contribution in [0.15, 0.2) is 12.1 Å². The topological polar surface area (TPSA) is 58.4 Å². The molecule has 1 aromatic rings. The maximum absolute atomic E-state index is 12.0. The summed E-state index contributed by atoms with van der Waals surface area (Å²) in [7, 11) is 2.03. The molecule has 0 fully saturated rings. The van der Waals surface area contributed by atoms with Crippen molar-refractivity contribution in [3.05, 3.63) is 28.8 Å². The quantitative estimate of drug-likeness (QED) is 0.779. The van der Waals surface area contributed by atoms with E-state index < -0.39 is 0 Å². The van der Waals surface area contributed by atoms with Crippen LogP contribution < -0.4 is 11.1 Å². The summed E-state index contributed by atoms with van der Waals surface area (Å²) in [5.74, 6) is -0.0521. The summed E-state index contributed by atoms with van der Waals surface area (Å²) in [6, 6.07) is 3.70. The Hall–Kier alpha value is -1.55. The van der Waals surface area contributed by atoms with Gasteiger partial charge in [0.1, 0.15) is 0 Å². The molecule has 1 aromatic carbocycles. The molecule has 1 amide bonds. The predicted molar refractivity (Wildman–Crippen MR) is 75.8 cm³/mol. The highest BCUT2D eigenvalue weighted by Crippen LogP contribution is 2.17. The number of hydrogen-bond donors (Lipinski definition) is 2. The Morgan fingerprint density at radius 2 is 2.00 bits per heavy atom. The summed E-state index contributed by atoms with van der Waals surface area (Å²) >= 11 is 0. The molecule has 0 heterocycles. The van der Waals surface area contributed by atoms with E-state index in [1.54, 1.807) is 6.07 Å². The number of aryl methyl sites for hydroxylation is 2. The fourth-order valence-corrected chi connectivity index (χ4v) is 1.73. The van der Waals surface area contributed by atoms with Crippen LogP contribution in [-0.2, 0) is 0 Å². The largest absolute Gasteiger partial charge is 0.398 e. The standard InChI is InChI=1S/C14H23N3O/c1-5-17(4)7-6-16-14(18)12-9-13(15)11(3)8-10(12)2/h8-9H,5-7,15H2,1-4H3,(H,16,18). The Labute approximate surface area is 109 Å². The fourth-order valence-electron chi connectivity index (χ4n) is 1.73. The van der Waals surface area contributed by atoms with Gasteiger partial charge in [0, 0.05) is 24.3 Å². The van der Waals surface area contributed by atoms with E-state index in [4.69, 9.17) is 5.73 Å². The molecular formula is C14H23N3O. The van der Waals surface area contributed by atoms with E-state index in [-0.39, 0.29) is 5.91 Å². The zero-order chi connectivity index (χ0) is 13.7. The first kappa shape index (κ1) is 14.5. The molecule has 0 aliphatic carbocycles. The van der Waals surface area contributed by atoms with Gasteiger partial charge >= 0.3 is 0 Å². The van der Waals surface area contributed by atoms with Crippen molar-refractivity contribution in [2.75, 3.05) is 32.4 Å². The van der Waals surface area contributed by atoms with Crippen LogP contribution >= 0.6 is 0 Å². The monoisotopic (exact) mass is 249 g/mol. The third-order valence-corrected chi connectivity index (χ3v) is 3.18. The van der Waals surface area contributed by atoms with Gasteiger partial charge in [-0.25, -0.2) is 0 Å². The molecular weight excluding hydrogens is 226 g/mol. The summed E-state index contributed by atoms with van der Waals surface area (Å²) in [5.41, 5.74) is 9.14. The van der Waals surface area contributed by atoms with E-state index >= 15 is 0 Å². The first-order chi connectivity index (χ1) is 8.45. The number of benzene rings is 1. The van der Waals surface area contributed by atoms with Crippen molar-refractivity contribution in [2.45, 2.75) is 20.8 Å². The Bertz CT molecular complexity index is 429. The number of carbonyl (C=O) groups is 1. The molecule has 3 N–H and O–H groups in total. The lowest BCUT2D eigenvalue weighted by Crippen LogP contribution is -2.33. The summed E-state index contributed by atoms with van der Waals surface area (Å²) < 4.78 is 0. The van der Waals surface area contributed by atoms with Crippen LogP contribution in [0.1, 0.15) is 28.4 Å². The van der Waals surface area contributed by atoms with Gasteiger partial charge in [-0.05, 0) is 44.6 Å². The second-order valence-electron chi connectivity index (χ2n) is 4.68. The predicted octanol–water partition coefficient (Wildman–Crippen LogP) is 1.57. The zero-order valence-electron chi connectivity index (χ0n) is 11.7. The Morgan fingerprint density at radius 1 is 1.33 bits per heavy atom. The van der Waals surface area contributed by atoms with Gasteiger partial charge in [0.25, 0.3) is 5.91 Å². The van der Waals surface area contributed by atoms with E-state index in [0.717, 1.165) is 24.2 Å². The highest BCUT2D eigenvalue weighted by atomic mass is 16.1. The molecule has 1 rings (SSSR count). The van der Waals surface area contributed by atoms with Crippen molar-refractivity contribution in [3.63, 3.8) is 0 Å². The number of nitrogens with one attached hydrogen (secondary N) is 1. The van der Waals surface area contributed by atoms with E-state index in [2.05, 4.69) is 17.1 Å². The van der Waals surface area contributed by atoms with Gasteiger partial charge in [0.15, 0.2) is 0 Å². The second-order valence-corrected chi connectivity index (χ2v) is 4.68. The van der Waals surface area contributed by atoms with Crippen LogP contribution in [0.2, 0.25) is 0 Å². The first-order valence-electron chi connectivity index (χ1n) is 6.29. The van der Waals surface area contributed by atoms with Crippen molar-refractivity contribution in [1.82, 2.24) is 10.2 Å². The van der Waals surface area contributed by atoms with Crippen molar-refractivity contribution in [1.29, 1.82) is 0 Å². The zero-order valence-corrected chi connectivity index (χ0v) is 11.7. The van der Waals surface area contributed by atoms with Crippen LogP contribution in [0.25, 0.3) is 0 Å². The molecule has 0 aliphatic rings. The number of nitrogens with zero attached hydrogens (tertiary/aromatic N) is 1. The van der Waals surface area contributed by atoms with Crippen molar-refractivity contribution >= 4 is 11.6 Å². The van der Waals surface area contributed by atoms with Gasteiger partial charge in [-0.1, -0.05) is 13.0 Å². The highest BCUT2D eigenvalue weighted by molar-refractivity contribution is 5.96. The van der Waals surface area contributed by atoms with Gasteiger partial charge in [0.2, 0.25) is 0 Å². The second kappa shape index (κ2) is 6.40.